The average Bonchev–Trinajstić information content (AvgIpc) is 2.26. The molecule has 0 N–H and O–H groups in total. The summed E-state index contributed by atoms with van der Waals surface area (Å²) in [4.78, 5) is 11.8. The van der Waals surface area contributed by atoms with Crippen LogP contribution in [0.5, 0.6) is 0 Å². The Labute approximate surface area is 111 Å². The summed E-state index contributed by atoms with van der Waals surface area (Å²) in [7, 11) is -3.64. The summed E-state index contributed by atoms with van der Waals surface area (Å²) < 4.78 is 49.9. The van der Waals surface area contributed by atoms with E-state index in [0.29, 0.717) is 6.07 Å². The van der Waals surface area contributed by atoms with Gasteiger partial charge in [0.05, 0.1) is 10.8 Å². The quantitative estimate of drug-likeness (QED) is 0.783. The lowest BCUT2D eigenvalue weighted by Crippen LogP contribution is -2.29. The molecule has 0 aliphatic heterocycles. The van der Waals surface area contributed by atoms with E-state index in [2.05, 4.69) is 0 Å². The van der Waals surface area contributed by atoms with E-state index in [0.717, 1.165) is 12.1 Å². The maximum absolute atomic E-state index is 13.4. The highest BCUT2D eigenvalue weighted by atomic mass is 32.2. The van der Waals surface area contributed by atoms with Crippen molar-refractivity contribution in [3.63, 3.8) is 0 Å². The van der Waals surface area contributed by atoms with E-state index in [1.165, 1.54) is 6.92 Å². The van der Waals surface area contributed by atoms with Crippen molar-refractivity contribution in [3.05, 3.63) is 35.4 Å². The van der Waals surface area contributed by atoms with Crippen molar-refractivity contribution >= 4 is 15.6 Å². The van der Waals surface area contributed by atoms with Crippen molar-refractivity contribution in [1.29, 1.82) is 0 Å². The first-order chi connectivity index (χ1) is 8.65. The van der Waals surface area contributed by atoms with Crippen molar-refractivity contribution in [3.8, 4) is 0 Å². The number of halogens is 2. The zero-order chi connectivity index (χ0) is 14.8. The van der Waals surface area contributed by atoms with Gasteiger partial charge in [0, 0.05) is 6.07 Å². The molecule has 0 amide bonds. The summed E-state index contributed by atoms with van der Waals surface area (Å²) >= 11 is 0. The van der Waals surface area contributed by atoms with Gasteiger partial charge in [0.1, 0.15) is 17.4 Å². The van der Waals surface area contributed by atoms with Crippen molar-refractivity contribution in [2.24, 2.45) is 5.92 Å². The third-order valence-electron chi connectivity index (χ3n) is 3.07. The lowest BCUT2D eigenvalue weighted by molar-refractivity contribution is 0.101. The molecular weight excluding hydrogens is 274 g/mol. The summed E-state index contributed by atoms with van der Waals surface area (Å²) in [5, 5.41) is -0.694. The summed E-state index contributed by atoms with van der Waals surface area (Å²) in [6.07, 6.45) is 0. The minimum absolute atomic E-state index is 0.143. The van der Waals surface area contributed by atoms with Gasteiger partial charge in [-0.3, -0.25) is 4.79 Å². The fourth-order valence-electron chi connectivity index (χ4n) is 1.52. The molecule has 0 spiro atoms. The van der Waals surface area contributed by atoms with Gasteiger partial charge in [0.25, 0.3) is 0 Å². The lowest BCUT2D eigenvalue weighted by atomic mass is 10.1. The molecule has 1 rings (SSSR count). The van der Waals surface area contributed by atoms with Crippen molar-refractivity contribution in [1.82, 2.24) is 0 Å². The summed E-state index contributed by atoms with van der Waals surface area (Å²) in [5.41, 5.74) is -0.402. The second kappa shape index (κ2) is 5.77. The molecule has 0 aromatic heterocycles. The van der Waals surface area contributed by atoms with Crippen LogP contribution in [0.1, 0.15) is 31.1 Å². The van der Waals surface area contributed by atoms with Crippen LogP contribution >= 0.6 is 0 Å². The van der Waals surface area contributed by atoms with Gasteiger partial charge < -0.3 is 0 Å². The first kappa shape index (κ1) is 15.8. The molecule has 1 aromatic rings. The number of benzene rings is 1. The number of hydrogen-bond donors (Lipinski definition) is 0. The molecule has 1 atom stereocenters. The van der Waals surface area contributed by atoms with Crippen LogP contribution in [-0.4, -0.2) is 25.2 Å². The molecule has 0 saturated carbocycles. The Balaban J connectivity index is 2.97. The molecule has 1 unspecified atom stereocenters. The Kier molecular flexibility index (Phi) is 4.79. The molecule has 0 aliphatic carbocycles. The molecule has 0 heterocycles. The van der Waals surface area contributed by atoms with Crippen LogP contribution < -0.4 is 0 Å². The summed E-state index contributed by atoms with van der Waals surface area (Å²) in [5.74, 6) is -3.62. The molecule has 6 heteroatoms. The van der Waals surface area contributed by atoms with Crippen molar-refractivity contribution in [2.75, 3.05) is 5.75 Å². The van der Waals surface area contributed by atoms with Gasteiger partial charge in [-0.15, -0.1) is 0 Å². The SMILES string of the molecule is CC(C)C(C)S(=O)(=O)CC(=O)c1ccc(F)cc1F. The highest BCUT2D eigenvalue weighted by Gasteiger charge is 2.28. The topological polar surface area (TPSA) is 51.2 Å². The van der Waals surface area contributed by atoms with Crippen LogP contribution in [0.15, 0.2) is 18.2 Å². The van der Waals surface area contributed by atoms with Crippen LogP contribution in [0.3, 0.4) is 0 Å². The number of hydrogen-bond acceptors (Lipinski definition) is 3. The fourth-order valence-corrected chi connectivity index (χ4v) is 3.14. The smallest absolute Gasteiger partial charge is 0.180 e. The highest BCUT2D eigenvalue weighted by Crippen LogP contribution is 2.16. The highest BCUT2D eigenvalue weighted by molar-refractivity contribution is 7.92. The number of rotatable bonds is 5. The molecule has 0 bridgehead atoms. The molecule has 106 valence electrons. The number of ketones is 1. The molecular formula is C13H16F2O3S. The van der Waals surface area contributed by atoms with Gasteiger partial charge in [0.2, 0.25) is 0 Å². The third-order valence-corrected chi connectivity index (χ3v) is 5.41. The Morgan fingerprint density at radius 2 is 1.79 bits per heavy atom. The van der Waals surface area contributed by atoms with Crippen LogP contribution in [0.2, 0.25) is 0 Å². The van der Waals surface area contributed by atoms with Crippen LogP contribution in [0, 0.1) is 17.6 Å². The predicted octanol–water partition coefficient (Wildman–Crippen LogP) is 2.61. The third kappa shape index (κ3) is 3.83. The second-order valence-electron chi connectivity index (χ2n) is 4.80. The molecule has 0 fully saturated rings. The normalized spacial score (nSPS) is 13.6. The second-order valence-corrected chi connectivity index (χ2v) is 7.16. The Morgan fingerprint density at radius 1 is 1.21 bits per heavy atom. The van der Waals surface area contributed by atoms with E-state index in [9.17, 15) is 22.0 Å². The molecule has 0 radical (unpaired) electrons. The monoisotopic (exact) mass is 290 g/mol. The van der Waals surface area contributed by atoms with Gasteiger partial charge in [-0.05, 0) is 25.0 Å². The average molecular weight is 290 g/mol. The lowest BCUT2D eigenvalue weighted by Gasteiger charge is -2.15. The van der Waals surface area contributed by atoms with E-state index >= 15 is 0 Å². The fraction of sp³-hybridized carbons (Fsp3) is 0.462. The Hall–Kier alpha value is -1.30. The maximum Gasteiger partial charge on any atom is 0.180 e. The predicted molar refractivity (Wildman–Crippen MR) is 68.8 cm³/mol. The first-order valence-corrected chi connectivity index (χ1v) is 7.56. The molecule has 0 aliphatic rings. The van der Waals surface area contributed by atoms with Gasteiger partial charge in [0.15, 0.2) is 15.6 Å². The van der Waals surface area contributed by atoms with Gasteiger partial charge in [-0.1, -0.05) is 13.8 Å². The number of sulfone groups is 1. The van der Waals surface area contributed by atoms with E-state index in [1.54, 1.807) is 13.8 Å². The van der Waals surface area contributed by atoms with E-state index in [4.69, 9.17) is 0 Å². The van der Waals surface area contributed by atoms with Gasteiger partial charge >= 0.3 is 0 Å². The van der Waals surface area contributed by atoms with E-state index in [-0.39, 0.29) is 5.92 Å². The Bertz CT molecular complexity index is 580. The number of carbonyl (C=O) groups is 1. The standard InChI is InChI=1S/C13H16F2O3S/c1-8(2)9(3)19(17,18)7-13(16)11-5-4-10(14)6-12(11)15/h4-6,8-9H,7H2,1-3H3. The van der Waals surface area contributed by atoms with Crippen LogP contribution in [0.4, 0.5) is 8.78 Å². The van der Waals surface area contributed by atoms with Crippen molar-refractivity contribution < 1.29 is 22.0 Å². The van der Waals surface area contributed by atoms with E-state index < -0.39 is 43.8 Å². The number of Topliss-reactive ketones (excluding diaryl/α,β-unsaturated/α-hetero) is 1. The van der Waals surface area contributed by atoms with Crippen molar-refractivity contribution in [2.45, 2.75) is 26.0 Å². The molecule has 19 heavy (non-hydrogen) atoms. The minimum Gasteiger partial charge on any atom is -0.293 e. The number of carbonyl (C=O) groups excluding carboxylic acids is 1. The van der Waals surface area contributed by atoms with Crippen LogP contribution in [0.25, 0.3) is 0 Å². The molecule has 0 saturated heterocycles. The zero-order valence-corrected chi connectivity index (χ0v) is 11.8. The summed E-state index contributed by atoms with van der Waals surface area (Å²) in [6, 6.07) is 2.45. The van der Waals surface area contributed by atoms with Crippen LogP contribution in [-0.2, 0) is 9.84 Å². The van der Waals surface area contributed by atoms with E-state index in [1.807, 2.05) is 0 Å². The van der Waals surface area contributed by atoms with Gasteiger partial charge in [-0.2, -0.15) is 0 Å². The zero-order valence-electron chi connectivity index (χ0n) is 11.0. The molecule has 1 aromatic carbocycles. The Morgan fingerprint density at radius 3 is 2.26 bits per heavy atom. The molecule has 3 nitrogen and oxygen atoms in total. The minimum atomic E-state index is -3.64. The summed E-state index contributed by atoms with van der Waals surface area (Å²) in [6.45, 7) is 4.96. The largest absolute Gasteiger partial charge is 0.293 e. The first-order valence-electron chi connectivity index (χ1n) is 5.85. The maximum atomic E-state index is 13.4. The van der Waals surface area contributed by atoms with Gasteiger partial charge in [-0.25, -0.2) is 17.2 Å².